The first-order valence-electron chi connectivity index (χ1n) is 6.08. The molecule has 0 fully saturated rings. The molecule has 106 valence electrons. The monoisotopic (exact) mass is 272 g/mol. The van der Waals surface area contributed by atoms with Crippen molar-refractivity contribution in [1.29, 1.82) is 0 Å². The summed E-state index contributed by atoms with van der Waals surface area (Å²) in [5.74, 6) is -1.89. The van der Waals surface area contributed by atoms with Gasteiger partial charge >= 0.3 is 0 Å². The maximum atomic E-state index is 12.9. The van der Waals surface area contributed by atoms with Gasteiger partial charge in [-0.2, -0.15) is 0 Å². The van der Waals surface area contributed by atoms with Gasteiger partial charge in [-0.1, -0.05) is 0 Å². The zero-order valence-corrected chi connectivity index (χ0v) is 10.8. The summed E-state index contributed by atoms with van der Waals surface area (Å²) in [7, 11) is 1.60. The fourth-order valence-corrected chi connectivity index (χ4v) is 1.46. The SMILES string of the molecule is COCCCNC(=O)CCNc1ccc(F)c(F)c1. The number of ether oxygens (including phenoxy) is 1. The van der Waals surface area contributed by atoms with Crippen LogP contribution in [-0.2, 0) is 9.53 Å². The molecule has 0 unspecified atom stereocenters. The van der Waals surface area contributed by atoms with Crippen molar-refractivity contribution >= 4 is 11.6 Å². The topological polar surface area (TPSA) is 50.4 Å². The Morgan fingerprint density at radius 3 is 2.74 bits per heavy atom. The van der Waals surface area contributed by atoms with Gasteiger partial charge in [0.15, 0.2) is 11.6 Å². The van der Waals surface area contributed by atoms with E-state index in [1.807, 2.05) is 0 Å². The van der Waals surface area contributed by atoms with E-state index in [4.69, 9.17) is 4.74 Å². The highest BCUT2D eigenvalue weighted by Gasteiger charge is 2.03. The summed E-state index contributed by atoms with van der Waals surface area (Å²) in [6.07, 6.45) is 1.03. The smallest absolute Gasteiger partial charge is 0.221 e. The summed E-state index contributed by atoms with van der Waals surface area (Å²) in [5.41, 5.74) is 0.450. The average Bonchev–Trinajstić information content (AvgIpc) is 2.39. The number of carbonyl (C=O) groups is 1. The van der Waals surface area contributed by atoms with Crippen molar-refractivity contribution in [3.8, 4) is 0 Å². The first-order chi connectivity index (χ1) is 9.13. The molecule has 0 aliphatic rings. The third kappa shape index (κ3) is 6.15. The third-order valence-corrected chi connectivity index (χ3v) is 2.45. The van der Waals surface area contributed by atoms with Gasteiger partial charge in [0.25, 0.3) is 0 Å². The van der Waals surface area contributed by atoms with Crippen molar-refractivity contribution in [3.63, 3.8) is 0 Å². The number of nitrogens with one attached hydrogen (secondary N) is 2. The maximum absolute atomic E-state index is 12.9. The molecule has 1 rings (SSSR count). The second-order valence-electron chi connectivity index (χ2n) is 4.00. The second kappa shape index (κ2) is 8.42. The molecule has 1 aromatic carbocycles. The molecule has 0 spiro atoms. The third-order valence-electron chi connectivity index (χ3n) is 2.45. The average molecular weight is 272 g/mol. The number of hydrogen-bond acceptors (Lipinski definition) is 3. The number of carbonyl (C=O) groups excluding carboxylic acids is 1. The van der Waals surface area contributed by atoms with E-state index < -0.39 is 11.6 Å². The number of hydrogen-bond donors (Lipinski definition) is 2. The van der Waals surface area contributed by atoms with E-state index in [1.165, 1.54) is 6.07 Å². The number of amides is 1. The van der Waals surface area contributed by atoms with Crippen LogP contribution in [0, 0.1) is 11.6 Å². The van der Waals surface area contributed by atoms with Crippen LogP contribution in [0.15, 0.2) is 18.2 Å². The van der Waals surface area contributed by atoms with Crippen molar-refractivity contribution < 1.29 is 18.3 Å². The van der Waals surface area contributed by atoms with Gasteiger partial charge in [0.05, 0.1) is 0 Å². The molecule has 0 aromatic heterocycles. The van der Waals surface area contributed by atoms with Crippen LogP contribution in [-0.4, -0.2) is 32.7 Å². The van der Waals surface area contributed by atoms with E-state index in [1.54, 1.807) is 7.11 Å². The van der Waals surface area contributed by atoms with Gasteiger partial charge in [-0.05, 0) is 24.6 Å². The Balaban J connectivity index is 2.18. The summed E-state index contributed by atoms with van der Waals surface area (Å²) in [6, 6.07) is 3.53. The highest BCUT2D eigenvalue weighted by molar-refractivity contribution is 5.76. The van der Waals surface area contributed by atoms with Crippen LogP contribution in [0.1, 0.15) is 12.8 Å². The molecular weight excluding hydrogens is 254 g/mol. The number of rotatable bonds is 8. The van der Waals surface area contributed by atoms with Crippen molar-refractivity contribution in [3.05, 3.63) is 29.8 Å². The lowest BCUT2D eigenvalue weighted by Crippen LogP contribution is -2.26. The standard InChI is InChI=1S/C13H18F2N2O2/c1-19-8-2-6-17-13(18)5-7-16-10-3-4-11(14)12(15)9-10/h3-4,9,16H,2,5-8H2,1H3,(H,17,18). The van der Waals surface area contributed by atoms with Crippen molar-refractivity contribution in [2.75, 3.05) is 32.1 Å². The second-order valence-corrected chi connectivity index (χ2v) is 4.00. The first-order valence-corrected chi connectivity index (χ1v) is 6.08. The van der Waals surface area contributed by atoms with Gasteiger partial charge < -0.3 is 15.4 Å². The number of benzene rings is 1. The van der Waals surface area contributed by atoms with E-state index >= 15 is 0 Å². The molecule has 1 amide bonds. The lowest BCUT2D eigenvalue weighted by molar-refractivity contribution is -0.120. The van der Waals surface area contributed by atoms with Crippen LogP contribution in [0.3, 0.4) is 0 Å². The highest BCUT2D eigenvalue weighted by Crippen LogP contribution is 2.12. The zero-order valence-electron chi connectivity index (χ0n) is 10.8. The van der Waals surface area contributed by atoms with Gasteiger partial charge in [0.1, 0.15) is 0 Å². The normalized spacial score (nSPS) is 10.3. The maximum Gasteiger partial charge on any atom is 0.221 e. The fourth-order valence-electron chi connectivity index (χ4n) is 1.46. The van der Waals surface area contributed by atoms with Crippen LogP contribution < -0.4 is 10.6 Å². The van der Waals surface area contributed by atoms with Gasteiger partial charge in [-0.3, -0.25) is 4.79 Å². The Hall–Kier alpha value is -1.69. The van der Waals surface area contributed by atoms with Crippen LogP contribution in [0.25, 0.3) is 0 Å². The quantitative estimate of drug-likeness (QED) is 0.711. The molecule has 0 atom stereocenters. The minimum atomic E-state index is -0.908. The summed E-state index contributed by atoms with van der Waals surface area (Å²) >= 11 is 0. The van der Waals surface area contributed by atoms with Gasteiger partial charge in [-0.25, -0.2) is 8.78 Å². The van der Waals surface area contributed by atoms with Gasteiger partial charge in [0.2, 0.25) is 5.91 Å². The summed E-state index contributed by atoms with van der Waals surface area (Å²) < 4.78 is 30.4. The number of anilines is 1. The molecule has 0 saturated heterocycles. The largest absolute Gasteiger partial charge is 0.385 e. The lowest BCUT2D eigenvalue weighted by atomic mass is 10.3. The molecule has 0 saturated carbocycles. The van der Waals surface area contributed by atoms with Crippen molar-refractivity contribution in [1.82, 2.24) is 5.32 Å². The first kappa shape index (κ1) is 15.4. The Labute approximate surface area is 111 Å². The molecule has 0 aliphatic carbocycles. The molecule has 19 heavy (non-hydrogen) atoms. The summed E-state index contributed by atoms with van der Waals surface area (Å²) in [4.78, 5) is 11.4. The molecule has 6 heteroatoms. The van der Waals surface area contributed by atoms with Gasteiger partial charge in [0, 0.05) is 38.9 Å². The van der Waals surface area contributed by atoms with Gasteiger partial charge in [-0.15, -0.1) is 0 Å². The Bertz CT molecular complexity index is 414. The molecule has 0 heterocycles. The predicted molar refractivity (Wildman–Crippen MR) is 69.0 cm³/mol. The van der Waals surface area contributed by atoms with E-state index in [2.05, 4.69) is 10.6 Å². The highest BCUT2D eigenvalue weighted by atomic mass is 19.2. The van der Waals surface area contributed by atoms with E-state index in [0.717, 1.165) is 18.6 Å². The van der Waals surface area contributed by atoms with E-state index in [9.17, 15) is 13.6 Å². The predicted octanol–water partition coefficient (Wildman–Crippen LogP) is 1.92. The molecule has 0 aliphatic heterocycles. The Morgan fingerprint density at radius 1 is 1.26 bits per heavy atom. The summed E-state index contributed by atoms with van der Waals surface area (Å²) in [6.45, 7) is 1.53. The number of halogens is 2. The van der Waals surface area contributed by atoms with Crippen LogP contribution in [0.5, 0.6) is 0 Å². The molecule has 0 radical (unpaired) electrons. The minimum Gasteiger partial charge on any atom is -0.385 e. The number of methoxy groups -OCH3 is 1. The lowest BCUT2D eigenvalue weighted by Gasteiger charge is -2.07. The van der Waals surface area contributed by atoms with Crippen LogP contribution >= 0.6 is 0 Å². The summed E-state index contributed by atoms with van der Waals surface area (Å²) in [5, 5.41) is 5.58. The Morgan fingerprint density at radius 2 is 2.05 bits per heavy atom. The fraction of sp³-hybridized carbons (Fsp3) is 0.462. The van der Waals surface area contributed by atoms with E-state index in [-0.39, 0.29) is 12.3 Å². The zero-order chi connectivity index (χ0) is 14.1. The molecule has 2 N–H and O–H groups in total. The minimum absolute atomic E-state index is 0.0915. The molecule has 4 nitrogen and oxygen atoms in total. The molecular formula is C13H18F2N2O2. The molecule has 0 bridgehead atoms. The van der Waals surface area contributed by atoms with Crippen molar-refractivity contribution in [2.45, 2.75) is 12.8 Å². The van der Waals surface area contributed by atoms with Crippen molar-refractivity contribution in [2.24, 2.45) is 0 Å². The van der Waals surface area contributed by atoms with E-state index in [0.29, 0.717) is 25.4 Å². The van der Waals surface area contributed by atoms with Crippen LogP contribution in [0.2, 0.25) is 0 Å². The molecule has 1 aromatic rings. The van der Waals surface area contributed by atoms with Crippen LogP contribution in [0.4, 0.5) is 14.5 Å². The Kier molecular flexibility index (Phi) is 6.81.